The van der Waals surface area contributed by atoms with Crippen LogP contribution in [0.5, 0.6) is 0 Å². The van der Waals surface area contributed by atoms with Gasteiger partial charge in [-0.15, -0.1) is 0 Å². The van der Waals surface area contributed by atoms with Crippen LogP contribution >= 0.6 is 23.2 Å². The summed E-state index contributed by atoms with van der Waals surface area (Å²) < 4.78 is 0. The Morgan fingerprint density at radius 1 is 1.12 bits per heavy atom. The first-order chi connectivity index (χ1) is 11.7. The lowest BCUT2D eigenvalue weighted by atomic mass is 9.86. The first-order valence-electron chi connectivity index (χ1n) is 7.88. The van der Waals surface area contributed by atoms with Gasteiger partial charge in [0.2, 0.25) is 11.8 Å². The van der Waals surface area contributed by atoms with Crippen LogP contribution in [-0.2, 0) is 15.0 Å². The van der Waals surface area contributed by atoms with Gasteiger partial charge in [-0.3, -0.25) is 9.59 Å². The lowest BCUT2D eigenvalue weighted by Gasteiger charge is -2.20. The van der Waals surface area contributed by atoms with Crippen molar-refractivity contribution in [2.24, 2.45) is 0 Å². The molecular weight excluding hydrogens is 359 g/mol. The molecule has 6 heteroatoms. The molecule has 130 valence electrons. The Morgan fingerprint density at radius 2 is 1.76 bits per heavy atom. The van der Waals surface area contributed by atoms with Crippen molar-refractivity contribution in [3.05, 3.63) is 57.6 Å². The minimum atomic E-state index is -0.716. The molecule has 0 saturated heterocycles. The molecule has 0 spiro atoms. The number of nitrogens with one attached hydrogen (secondary N) is 1. The maximum absolute atomic E-state index is 12.8. The fraction of sp³-hybridized carbons (Fsp3) is 0.263. The van der Waals surface area contributed by atoms with Crippen LogP contribution in [0, 0.1) is 6.92 Å². The average Bonchev–Trinajstić information content (AvgIpc) is 2.72. The highest BCUT2D eigenvalue weighted by Gasteiger charge is 2.44. The second-order valence-electron chi connectivity index (χ2n) is 6.69. The van der Waals surface area contributed by atoms with Gasteiger partial charge < -0.3 is 10.2 Å². The number of fused-ring (bicyclic) bond motifs is 1. The Hall–Kier alpha value is -2.04. The van der Waals surface area contributed by atoms with Crippen molar-refractivity contribution >= 4 is 46.4 Å². The number of hydrogen-bond acceptors (Lipinski definition) is 2. The van der Waals surface area contributed by atoms with Gasteiger partial charge in [-0.25, -0.2) is 0 Å². The molecule has 1 aliphatic rings. The summed E-state index contributed by atoms with van der Waals surface area (Å²) in [5.41, 5.74) is 2.37. The Bertz CT molecular complexity index is 878. The Labute approximate surface area is 156 Å². The first-order valence-corrected chi connectivity index (χ1v) is 8.64. The van der Waals surface area contributed by atoms with E-state index in [4.69, 9.17) is 23.2 Å². The predicted octanol–water partition coefficient (Wildman–Crippen LogP) is 4.56. The molecule has 3 rings (SSSR count). The van der Waals surface area contributed by atoms with E-state index < -0.39 is 5.41 Å². The van der Waals surface area contributed by atoms with E-state index in [1.54, 1.807) is 30.3 Å². The lowest BCUT2D eigenvalue weighted by Crippen LogP contribution is -2.40. The van der Waals surface area contributed by atoms with Crippen LogP contribution in [0.25, 0.3) is 0 Å². The number of amides is 2. The van der Waals surface area contributed by atoms with Crippen LogP contribution in [0.3, 0.4) is 0 Å². The van der Waals surface area contributed by atoms with Crippen molar-refractivity contribution in [2.45, 2.75) is 26.2 Å². The number of benzene rings is 2. The monoisotopic (exact) mass is 376 g/mol. The summed E-state index contributed by atoms with van der Waals surface area (Å²) in [6.45, 7) is 5.49. The minimum Gasteiger partial charge on any atom is -0.324 e. The summed E-state index contributed by atoms with van der Waals surface area (Å²) in [6.07, 6.45) is 0. The molecule has 0 atom stereocenters. The Morgan fingerprint density at radius 3 is 2.48 bits per heavy atom. The maximum atomic E-state index is 12.8. The van der Waals surface area contributed by atoms with E-state index in [9.17, 15) is 9.59 Å². The third-order valence-electron chi connectivity index (χ3n) is 4.48. The lowest BCUT2D eigenvalue weighted by molar-refractivity contribution is -0.124. The molecule has 25 heavy (non-hydrogen) atoms. The van der Waals surface area contributed by atoms with E-state index in [0.717, 1.165) is 16.8 Å². The fourth-order valence-corrected chi connectivity index (χ4v) is 3.37. The maximum Gasteiger partial charge on any atom is 0.244 e. The minimum absolute atomic E-state index is 0.0666. The molecule has 0 fully saturated rings. The Balaban J connectivity index is 1.85. The quantitative estimate of drug-likeness (QED) is 0.852. The van der Waals surface area contributed by atoms with Crippen molar-refractivity contribution < 1.29 is 9.59 Å². The smallest absolute Gasteiger partial charge is 0.244 e. The van der Waals surface area contributed by atoms with E-state index in [-0.39, 0.29) is 18.4 Å². The SMILES string of the molecule is Cc1ccc(Cl)cc1NC(=O)CN1C(=O)C(C)(C)c2cc(Cl)ccc21. The van der Waals surface area contributed by atoms with Gasteiger partial charge in [-0.1, -0.05) is 29.3 Å². The number of anilines is 2. The molecule has 0 bridgehead atoms. The highest BCUT2D eigenvalue weighted by atomic mass is 35.5. The van der Waals surface area contributed by atoms with Crippen LogP contribution in [0.2, 0.25) is 10.0 Å². The molecule has 2 amide bonds. The Kier molecular flexibility index (Phi) is 4.52. The molecule has 2 aromatic carbocycles. The number of aryl methyl sites for hydroxylation is 1. The van der Waals surface area contributed by atoms with Crippen molar-refractivity contribution in [3.63, 3.8) is 0 Å². The van der Waals surface area contributed by atoms with Gasteiger partial charge in [0.1, 0.15) is 6.54 Å². The highest BCUT2D eigenvalue weighted by Crippen LogP contribution is 2.42. The standard InChI is InChI=1S/C19H18Cl2N2O2/c1-11-4-5-13(21)9-15(11)22-17(24)10-23-16-7-6-12(20)8-14(16)19(2,3)18(23)25/h4-9H,10H2,1-3H3,(H,22,24). The van der Waals surface area contributed by atoms with E-state index in [0.29, 0.717) is 15.7 Å². The second kappa shape index (κ2) is 6.36. The van der Waals surface area contributed by atoms with Crippen LogP contribution in [0.1, 0.15) is 25.0 Å². The van der Waals surface area contributed by atoms with Gasteiger partial charge in [0.15, 0.2) is 0 Å². The second-order valence-corrected chi connectivity index (χ2v) is 7.56. The van der Waals surface area contributed by atoms with Gasteiger partial charge in [0, 0.05) is 21.4 Å². The zero-order valence-electron chi connectivity index (χ0n) is 14.2. The summed E-state index contributed by atoms with van der Waals surface area (Å²) in [7, 11) is 0. The molecule has 0 aromatic heterocycles. The van der Waals surface area contributed by atoms with Crippen molar-refractivity contribution in [1.29, 1.82) is 0 Å². The summed E-state index contributed by atoms with van der Waals surface area (Å²) in [5.74, 6) is -0.403. The molecule has 1 heterocycles. The molecule has 0 radical (unpaired) electrons. The molecule has 0 unspecified atom stereocenters. The number of nitrogens with zero attached hydrogens (tertiary/aromatic N) is 1. The van der Waals surface area contributed by atoms with Gasteiger partial charge in [0.25, 0.3) is 0 Å². The predicted molar refractivity (Wildman–Crippen MR) is 102 cm³/mol. The number of halogens is 2. The van der Waals surface area contributed by atoms with Gasteiger partial charge in [-0.2, -0.15) is 0 Å². The third-order valence-corrected chi connectivity index (χ3v) is 4.95. The zero-order valence-corrected chi connectivity index (χ0v) is 15.7. The van der Waals surface area contributed by atoms with Crippen molar-refractivity contribution in [3.8, 4) is 0 Å². The van der Waals surface area contributed by atoms with Gasteiger partial charge >= 0.3 is 0 Å². The van der Waals surface area contributed by atoms with E-state index >= 15 is 0 Å². The number of carbonyl (C=O) groups is 2. The van der Waals surface area contributed by atoms with E-state index in [1.165, 1.54) is 4.90 Å². The van der Waals surface area contributed by atoms with Crippen LogP contribution in [0.4, 0.5) is 11.4 Å². The van der Waals surface area contributed by atoms with Gasteiger partial charge in [0.05, 0.1) is 5.41 Å². The summed E-state index contributed by atoms with van der Waals surface area (Å²) in [4.78, 5) is 26.8. The molecule has 0 saturated carbocycles. The normalized spacial score (nSPS) is 15.2. The summed E-state index contributed by atoms with van der Waals surface area (Å²) in [6, 6.07) is 10.6. The topological polar surface area (TPSA) is 49.4 Å². The number of hydrogen-bond donors (Lipinski definition) is 1. The van der Waals surface area contributed by atoms with E-state index in [1.807, 2.05) is 26.8 Å². The molecule has 2 aromatic rings. The molecule has 0 aliphatic carbocycles. The molecule has 1 N–H and O–H groups in total. The van der Waals surface area contributed by atoms with E-state index in [2.05, 4.69) is 5.32 Å². The average molecular weight is 377 g/mol. The summed E-state index contributed by atoms with van der Waals surface area (Å²) >= 11 is 12.1. The zero-order chi connectivity index (χ0) is 18.4. The van der Waals surface area contributed by atoms with Crippen LogP contribution in [-0.4, -0.2) is 18.4 Å². The largest absolute Gasteiger partial charge is 0.324 e. The van der Waals surface area contributed by atoms with Crippen LogP contribution in [0.15, 0.2) is 36.4 Å². The van der Waals surface area contributed by atoms with Crippen molar-refractivity contribution in [1.82, 2.24) is 0 Å². The van der Waals surface area contributed by atoms with Crippen molar-refractivity contribution in [2.75, 3.05) is 16.8 Å². The highest BCUT2D eigenvalue weighted by molar-refractivity contribution is 6.31. The fourth-order valence-electron chi connectivity index (χ4n) is 3.03. The number of rotatable bonds is 3. The number of carbonyl (C=O) groups excluding carboxylic acids is 2. The molecule has 1 aliphatic heterocycles. The summed E-state index contributed by atoms with van der Waals surface area (Å²) in [5, 5.41) is 3.94. The molecule has 4 nitrogen and oxygen atoms in total. The third kappa shape index (κ3) is 3.24. The first kappa shape index (κ1) is 17.8. The molecular formula is C19H18Cl2N2O2. The van der Waals surface area contributed by atoms with Crippen LogP contribution < -0.4 is 10.2 Å². The van der Waals surface area contributed by atoms with Gasteiger partial charge in [-0.05, 0) is 62.2 Å².